The second-order valence-electron chi connectivity index (χ2n) is 4.80. The van der Waals surface area contributed by atoms with Crippen LogP contribution in [0.5, 0.6) is 0 Å². The van der Waals surface area contributed by atoms with Crippen molar-refractivity contribution in [3.63, 3.8) is 0 Å². The predicted molar refractivity (Wildman–Crippen MR) is 83.4 cm³/mol. The third kappa shape index (κ3) is 2.58. The third-order valence-electron chi connectivity index (χ3n) is 3.29. The zero-order valence-electron chi connectivity index (χ0n) is 10.8. The first-order valence-electron chi connectivity index (χ1n) is 6.20. The maximum atomic E-state index is 12.7. The maximum Gasteiger partial charge on any atom is 0.199 e. The molecule has 104 valence electrons. The zero-order chi connectivity index (χ0) is 14.3. The molecule has 4 nitrogen and oxygen atoms in total. The van der Waals surface area contributed by atoms with E-state index in [-0.39, 0.29) is 5.78 Å². The van der Waals surface area contributed by atoms with E-state index in [2.05, 4.69) is 27.7 Å². The van der Waals surface area contributed by atoms with Gasteiger partial charge in [0, 0.05) is 21.3 Å². The summed E-state index contributed by atoms with van der Waals surface area (Å²) < 4.78 is 18.0. The standard InChI is InChI=1S/C14H12INO3S/c1-20(18)12-6-9(15)4-5-10(12)13(17)11-7-16-19-14(11)8-2-3-8/h4-8H,2-3H2,1H3. The number of hydrogen-bond acceptors (Lipinski definition) is 4. The zero-order valence-corrected chi connectivity index (χ0v) is 13.7. The van der Waals surface area contributed by atoms with Crippen LogP contribution in [-0.4, -0.2) is 21.4 Å². The van der Waals surface area contributed by atoms with Crippen LogP contribution in [0.25, 0.3) is 0 Å². The van der Waals surface area contributed by atoms with Crippen LogP contribution in [-0.2, 0) is 10.8 Å². The predicted octanol–water partition coefficient (Wildman–Crippen LogP) is 3.13. The van der Waals surface area contributed by atoms with E-state index >= 15 is 0 Å². The number of aromatic nitrogens is 1. The van der Waals surface area contributed by atoms with Gasteiger partial charge in [-0.3, -0.25) is 9.00 Å². The second-order valence-corrected chi connectivity index (χ2v) is 7.40. The highest BCUT2D eigenvalue weighted by atomic mass is 127. The number of ketones is 1. The molecule has 0 spiro atoms. The van der Waals surface area contributed by atoms with E-state index in [1.807, 2.05) is 6.07 Å². The fraction of sp³-hybridized carbons (Fsp3) is 0.286. The molecule has 1 fully saturated rings. The molecule has 1 aromatic carbocycles. The molecule has 2 aromatic rings. The lowest BCUT2D eigenvalue weighted by Gasteiger charge is -2.06. The largest absolute Gasteiger partial charge is 0.360 e. The van der Waals surface area contributed by atoms with Gasteiger partial charge in [0.1, 0.15) is 0 Å². The van der Waals surface area contributed by atoms with Gasteiger partial charge >= 0.3 is 0 Å². The van der Waals surface area contributed by atoms with Crippen molar-refractivity contribution in [3.8, 4) is 0 Å². The van der Waals surface area contributed by atoms with Crippen molar-refractivity contribution < 1.29 is 13.5 Å². The number of carbonyl (C=O) groups is 1. The summed E-state index contributed by atoms with van der Waals surface area (Å²) in [5.41, 5.74) is 0.969. The van der Waals surface area contributed by atoms with E-state index < -0.39 is 10.8 Å². The fourth-order valence-corrected chi connectivity index (χ4v) is 3.59. The van der Waals surface area contributed by atoms with E-state index in [0.717, 1.165) is 16.4 Å². The average molecular weight is 401 g/mol. The summed E-state index contributed by atoms with van der Waals surface area (Å²) in [7, 11) is -1.21. The Bertz CT molecular complexity index is 706. The van der Waals surface area contributed by atoms with Crippen LogP contribution in [0.4, 0.5) is 0 Å². The van der Waals surface area contributed by atoms with E-state index in [0.29, 0.717) is 27.7 Å². The van der Waals surface area contributed by atoms with E-state index in [4.69, 9.17) is 4.52 Å². The quantitative estimate of drug-likeness (QED) is 0.584. The normalized spacial score (nSPS) is 16.1. The number of hydrogen-bond donors (Lipinski definition) is 0. The van der Waals surface area contributed by atoms with Crippen LogP contribution in [0.15, 0.2) is 33.8 Å². The first-order valence-corrected chi connectivity index (χ1v) is 8.84. The Balaban J connectivity index is 2.06. The summed E-state index contributed by atoms with van der Waals surface area (Å²) in [5.74, 6) is 0.826. The lowest BCUT2D eigenvalue weighted by molar-refractivity contribution is 0.103. The summed E-state index contributed by atoms with van der Waals surface area (Å²) in [6.45, 7) is 0. The summed E-state index contributed by atoms with van der Waals surface area (Å²) in [5, 5.41) is 3.75. The maximum absolute atomic E-state index is 12.7. The smallest absolute Gasteiger partial charge is 0.199 e. The number of carbonyl (C=O) groups excluding carboxylic acids is 1. The molecule has 1 unspecified atom stereocenters. The van der Waals surface area contributed by atoms with Gasteiger partial charge in [0.05, 0.1) is 27.5 Å². The summed E-state index contributed by atoms with van der Waals surface area (Å²) in [4.78, 5) is 13.2. The summed E-state index contributed by atoms with van der Waals surface area (Å²) in [6, 6.07) is 5.35. The Labute approximate surface area is 132 Å². The molecule has 20 heavy (non-hydrogen) atoms. The highest BCUT2D eigenvalue weighted by molar-refractivity contribution is 14.1. The van der Waals surface area contributed by atoms with Gasteiger partial charge in [0.15, 0.2) is 11.5 Å². The Morgan fingerprint density at radius 2 is 2.15 bits per heavy atom. The monoisotopic (exact) mass is 401 g/mol. The van der Waals surface area contributed by atoms with Crippen molar-refractivity contribution in [2.24, 2.45) is 0 Å². The number of nitrogens with zero attached hydrogens (tertiary/aromatic N) is 1. The third-order valence-corrected chi connectivity index (χ3v) is 4.92. The summed E-state index contributed by atoms with van der Waals surface area (Å²) >= 11 is 2.14. The molecular formula is C14H12INO3S. The van der Waals surface area contributed by atoms with Crippen molar-refractivity contribution >= 4 is 39.2 Å². The Hall–Kier alpha value is -1.02. The Morgan fingerprint density at radius 3 is 2.80 bits per heavy atom. The molecule has 6 heteroatoms. The Kier molecular flexibility index (Phi) is 3.76. The van der Waals surface area contributed by atoms with Gasteiger partial charge < -0.3 is 4.52 Å². The first kappa shape index (κ1) is 13.9. The topological polar surface area (TPSA) is 60.2 Å². The molecule has 0 bridgehead atoms. The molecular weight excluding hydrogens is 389 g/mol. The lowest BCUT2D eigenvalue weighted by atomic mass is 10.0. The molecule has 0 amide bonds. The van der Waals surface area contributed by atoms with Crippen molar-refractivity contribution in [1.29, 1.82) is 0 Å². The van der Waals surface area contributed by atoms with Crippen molar-refractivity contribution in [3.05, 3.63) is 44.9 Å². The number of rotatable bonds is 4. The van der Waals surface area contributed by atoms with Crippen LogP contribution in [0, 0.1) is 3.57 Å². The van der Waals surface area contributed by atoms with Gasteiger partial charge in [-0.25, -0.2) is 0 Å². The fourth-order valence-electron chi connectivity index (χ4n) is 2.13. The van der Waals surface area contributed by atoms with Gasteiger partial charge in [-0.05, 0) is 53.6 Å². The van der Waals surface area contributed by atoms with Crippen molar-refractivity contribution in [1.82, 2.24) is 5.16 Å². The minimum absolute atomic E-state index is 0.158. The van der Waals surface area contributed by atoms with Crippen LogP contribution in [0.3, 0.4) is 0 Å². The SMILES string of the molecule is CS(=O)c1cc(I)ccc1C(=O)c1cnoc1C1CC1. The minimum Gasteiger partial charge on any atom is -0.360 e. The van der Waals surface area contributed by atoms with Gasteiger partial charge in [0.25, 0.3) is 0 Å². The number of benzene rings is 1. The molecule has 1 aliphatic carbocycles. The van der Waals surface area contributed by atoms with Crippen LogP contribution in [0.1, 0.15) is 40.4 Å². The molecule has 0 aliphatic heterocycles. The average Bonchev–Trinajstić information content (AvgIpc) is 3.15. The molecule has 1 atom stereocenters. The van der Waals surface area contributed by atoms with E-state index in [9.17, 15) is 9.00 Å². The van der Waals surface area contributed by atoms with E-state index in [1.54, 1.807) is 18.4 Å². The van der Waals surface area contributed by atoms with Gasteiger partial charge in [-0.15, -0.1) is 0 Å². The molecule has 0 N–H and O–H groups in total. The molecule has 1 heterocycles. The molecule has 1 saturated carbocycles. The van der Waals surface area contributed by atoms with Crippen LogP contribution < -0.4 is 0 Å². The molecule has 3 rings (SSSR count). The highest BCUT2D eigenvalue weighted by Gasteiger charge is 2.33. The van der Waals surface area contributed by atoms with Crippen molar-refractivity contribution in [2.75, 3.05) is 6.26 Å². The van der Waals surface area contributed by atoms with E-state index in [1.165, 1.54) is 6.20 Å². The van der Waals surface area contributed by atoms with Crippen molar-refractivity contribution in [2.45, 2.75) is 23.7 Å². The van der Waals surface area contributed by atoms with Gasteiger partial charge in [-0.2, -0.15) is 0 Å². The lowest BCUT2D eigenvalue weighted by Crippen LogP contribution is -2.07. The second kappa shape index (κ2) is 5.40. The van der Waals surface area contributed by atoms with Crippen LogP contribution in [0.2, 0.25) is 0 Å². The van der Waals surface area contributed by atoms with Gasteiger partial charge in [-0.1, -0.05) is 5.16 Å². The molecule has 0 radical (unpaired) electrons. The highest BCUT2D eigenvalue weighted by Crippen LogP contribution is 2.42. The van der Waals surface area contributed by atoms with Gasteiger partial charge in [0.2, 0.25) is 0 Å². The molecule has 1 aliphatic rings. The minimum atomic E-state index is -1.21. The first-order chi connectivity index (χ1) is 9.58. The number of halogens is 1. The summed E-state index contributed by atoms with van der Waals surface area (Å²) in [6.07, 6.45) is 5.12. The molecule has 1 aromatic heterocycles. The molecule has 0 saturated heterocycles. The van der Waals surface area contributed by atoms with Crippen LogP contribution >= 0.6 is 22.6 Å². The Morgan fingerprint density at radius 1 is 1.40 bits per heavy atom.